The molecule has 1 heterocycles. The Bertz CT molecular complexity index is 574. The summed E-state index contributed by atoms with van der Waals surface area (Å²) in [5, 5.41) is 0. The standard InChI is InChI=1S/C20H30N2O3/c1-15-5-4-6-17(11-15)21-7-9-22(10-8-21)20(23)16-12-18(24-2)14-19(13-16)25-3/h12-15,17H,4-11H2,1-3H3/t15-,17+/m0/s1. The van der Waals surface area contributed by atoms with E-state index in [2.05, 4.69) is 11.8 Å². The van der Waals surface area contributed by atoms with E-state index in [1.807, 2.05) is 4.90 Å². The maximum atomic E-state index is 12.9. The van der Waals surface area contributed by atoms with Crippen LogP contribution in [0.15, 0.2) is 18.2 Å². The van der Waals surface area contributed by atoms with Crippen molar-refractivity contribution in [1.82, 2.24) is 9.80 Å². The van der Waals surface area contributed by atoms with Crippen molar-refractivity contribution >= 4 is 5.91 Å². The Kier molecular flexibility index (Phi) is 5.84. The molecule has 1 aromatic rings. The second-order valence-electron chi connectivity index (χ2n) is 7.36. The Morgan fingerprint density at radius 3 is 2.20 bits per heavy atom. The van der Waals surface area contributed by atoms with Gasteiger partial charge in [-0.15, -0.1) is 0 Å². The highest BCUT2D eigenvalue weighted by Gasteiger charge is 2.29. The van der Waals surface area contributed by atoms with Crippen molar-refractivity contribution in [2.24, 2.45) is 5.92 Å². The van der Waals surface area contributed by atoms with Gasteiger partial charge < -0.3 is 14.4 Å². The van der Waals surface area contributed by atoms with Crippen LogP contribution in [0.4, 0.5) is 0 Å². The van der Waals surface area contributed by atoms with E-state index in [-0.39, 0.29) is 5.91 Å². The second-order valence-corrected chi connectivity index (χ2v) is 7.36. The molecule has 1 aliphatic heterocycles. The van der Waals surface area contributed by atoms with Gasteiger partial charge in [-0.05, 0) is 30.9 Å². The minimum atomic E-state index is 0.0638. The quantitative estimate of drug-likeness (QED) is 0.840. The summed E-state index contributed by atoms with van der Waals surface area (Å²) in [6.07, 6.45) is 5.33. The van der Waals surface area contributed by atoms with Gasteiger partial charge in [0.1, 0.15) is 11.5 Å². The smallest absolute Gasteiger partial charge is 0.254 e. The molecule has 3 rings (SSSR count). The van der Waals surface area contributed by atoms with Crippen LogP contribution in [0.3, 0.4) is 0 Å². The Labute approximate surface area is 150 Å². The van der Waals surface area contributed by atoms with Crippen molar-refractivity contribution < 1.29 is 14.3 Å². The van der Waals surface area contributed by atoms with Crippen LogP contribution in [0.2, 0.25) is 0 Å². The van der Waals surface area contributed by atoms with Crippen LogP contribution >= 0.6 is 0 Å². The summed E-state index contributed by atoms with van der Waals surface area (Å²) in [5.41, 5.74) is 0.635. The first-order valence-corrected chi connectivity index (χ1v) is 9.37. The van der Waals surface area contributed by atoms with E-state index in [4.69, 9.17) is 9.47 Å². The number of hydrogen-bond donors (Lipinski definition) is 0. The highest BCUT2D eigenvalue weighted by atomic mass is 16.5. The fraction of sp³-hybridized carbons (Fsp3) is 0.650. The molecule has 1 saturated carbocycles. The van der Waals surface area contributed by atoms with E-state index in [1.165, 1.54) is 25.7 Å². The van der Waals surface area contributed by atoms with Crippen molar-refractivity contribution in [2.45, 2.75) is 38.6 Å². The summed E-state index contributed by atoms with van der Waals surface area (Å²) >= 11 is 0. The molecule has 1 amide bonds. The number of nitrogens with zero attached hydrogens (tertiary/aromatic N) is 2. The zero-order chi connectivity index (χ0) is 17.8. The maximum absolute atomic E-state index is 12.9. The average Bonchev–Trinajstić information content (AvgIpc) is 2.67. The number of carbonyl (C=O) groups is 1. The molecule has 0 aromatic heterocycles. The normalized spacial score (nSPS) is 24.8. The Balaban J connectivity index is 1.61. The van der Waals surface area contributed by atoms with E-state index < -0.39 is 0 Å². The van der Waals surface area contributed by atoms with Gasteiger partial charge >= 0.3 is 0 Å². The topological polar surface area (TPSA) is 42.0 Å². The summed E-state index contributed by atoms with van der Waals surface area (Å²) < 4.78 is 10.6. The largest absolute Gasteiger partial charge is 0.497 e. The number of ether oxygens (including phenoxy) is 2. The summed E-state index contributed by atoms with van der Waals surface area (Å²) in [4.78, 5) is 17.4. The number of carbonyl (C=O) groups excluding carboxylic acids is 1. The molecule has 2 aliphatic rings. The van der Waals surface area contributed by atoms with Crippen LogP contribution in [0, 0.1) is 5.92 Å². The van der Waals surface area contributed by atoms with Gasteiger partial charge in [-0.1, -0.05) is 19.8 Å². The predicted octanol–water partition coefficient (Wildman–Crippen LogP) is 3.04. The first-order valence-electron chi connectivity index (χ1n) is 9.37. The minimum Gasteiger partial charge on any atom is -0.497 e. The first-order chi connectivity index (χ1) is 12.1. The SMILES string of the molecule is COc1cc(OC)cc(C(=O)N2CCN([C@@H]3CCC[C@H](C)C3)CC2)c1. The lowest BCUT2D eigenvalue weighted by Gasteiger charge is -2.42. The number of benzene rings is 1. The molecule has 5 heteroatoms. The van der Waals surface area contributed by atoms with E-state index in [1.54, 1.807) is 32.4 Å². The molecule has 0 N–H and O–H groups in total. The lowest BCUT2D eigenvalue weighted by atomic mass is 9.86. The van der Waals surface area contributed by atoms with Gasteiger partial charge in [0.05, 0.1) is 14.2 Å². The highest BCUT2D eigenvalue weighted by Crippen LogP contribution is 2.28. The molecule has 2 fully saturated rings. The summed E-state index contributed by atoms with van der Waals surface area (Å²) in [6, 6.07) is 6.08. The molecule has 1 aliphatic carbocycles. The number of amides is 1. The van der Waals surface area contributed by atoms with Gasteiger partial charge in [-0.2, -0.15) is 0 Å². The van der Waals surface area contributed by atoms with Crippen LogP contribution in [0.25, 0.3) is 0 Å². The van der Waals surface area contributed by atoms with Gasteiger partial charge in [-0.25, -0.2) is 0 Å². The first kappa shape index (κ1) is 18.1. The monoisotopic (exact) mass is 346 g/mol. The van der Waals surface area contributed by atoms with Gasteiger partial charge in [-0.3, -0.25) is 9.69 Å². The minimum absolute atomic E-state index is 0.0638. The third kappa shape index (κ3) is 4.27. The van der Waals surface area contributed by atoms with E-state index >= 15 is 0 Å². The average molecular weight is 346 g/mol. The maximum Gasteiger partial charge on any atom is 0.254 e. The second kappa shape index (κ2) is 8.09. The summed E-state index contributed by atoms with van der Waals surface area (Å²) in [7, 11) is 3.21. The molecule has 0 spiro atoms. The lowest BCUT2D eigenvalue weighted by Crippen LogP contribution is -2.52. The third-order valence-corrected chi connectivity index (χ3v) is 5.62. The van der Waals surface area contributed by atoms with Crippen molar-refractivity contribution in [3.63, 3.8) is 0 Å². The van der Waals surface area contributed by atoms with Crippen LogP contribution in [-0.2, 0) is 0 Å². The van der Waals surface area contributed by atoms with Crippen LogP contribution < -0.4 is 9.47 Å². The Morgan fingerprint density at radius 2 is 1.64 bits per heavy atom. The molecule has 1 saturated heterocycles. The van der Waals surface area contributed by atoms with E-state index in [0.29, 0.717) is 23.1 Å². The number of piperazine rings is 1. The zero-order valence-corrected chi connectivity index (χ0v) is 15.7. The molecule has 0 radical (unpaired) electrons. The molecule has 5 nitrogen and oxygen atoms in total. The van der Waals surface area contributed by atoms with E-state index in [0.717, 1.165) is 32.1 Å². The molecule has 2 atom stereocenters. The fourth-order valence-corrected chi connectivity index (χ4v) is 4.14. The Hall–Kier alpha value is -1.75. The highest BCUT2D eigenvalue weighted by molar-refractivity contribution is 5.95. The van der Waals surface area contributed by atoms with Crippen molar-refractivity contribution in [3.05, 3.63) is 23.8 Å². The molecule has 138 valence electrons. The number of rotatable bonds is 4. The zero-order valence-electron chi connectivity index (χ0n) is 15.7. The van der Waals surface area contributed by atoms with Crippen molar-refractivity contribution in [2.75, 3.05) is 40.4 Å². The molecule has 0 unspecified atom stereocenters. The van der Waals surface area contributed by atoms with Crippen molar-refractivity contribution in [1.29, 1.82) is 0 Å². The third-order valence-electron chi connectivity index (χ3n) is 5.62. The summed E-state index contributed by atoms with van der Waals surface area (Å²) in [6.45, 7) is 5.91. The van der Waals surface area contributed by atoms with Gasteiger partial charge in [0.25, 0.3) is 5.91 Å². The van der Waals surface area contributed by atoms with Crippen LogP contribution in [-0.4, -0.2) is 62.1 Å². The predicted molar refractivity (Wildman–Crippen MR) is 98.4 cm³/mol. The number of hydrogen-bond acceptors (Lipinski definition) is 4. The van der Waals surface area contributed by atoms with Crippen LogP contribution in [0.1, 0.15) is 43.0 Å². The molecule has 1 aromatic carbocycles. The van der Waals surface area contributed by atoms with E-state index in [9.17, 15) is 4.79 Å². The molecular formula is C20H30N2O3. The lowest BCUT2D eigenvalue weighted by molar-refractivity contribution is 0.0488. The van der Waals surface area contributed by atoms with Crippen LogP contribution in [0.5, 0.6) is 11.5 Å². The summed E-state index contributed by atoms with van der Waals surface area (Å²) in [5.74, 6) is 2.20. The van der Waals surface area contributed by atoms with Gasteiger partial charge in [0.2, 0.25) is 0 Å². The molecular weight excluding hydrogens is 316 g/mol. The molecule has 25 heavy (non-hydrogen) atoms. The van der Waals surface area contributed by atoms with Gasteiger partial charge in [0.15, 0.2) is 0 Å². The number of methoxy groups -OCH3 is 2. The van der Waals surface area contributed by atoms with Gasteiger partial charge in [0, 0.05) is 43.9 Å². The Morgan fingerprint density at radius 1 is 1.00 bits per heavy atom. The fourth-order valence-electron chi connectivity index (χ4n) is 4.14. The van der Waals surface area contributed by atoms with Crippen molar-refractivity contribution in [3.8, 4) is 11.5 Å². The molecule has 0 bridgehead atoms.